The molecule has 26 heavy (non-hydrogen) atoms. The number of piperidine rings is 1. The topological polar surface area (TPSA) is 53.0 Å². The number of nitrogens with zero attached hydrogens (tertiary/aromatic N) is 2. The van der Waals surface area contributed by atoms with Crippen LogP contribution in [0, 0.1) is 11.3 Å². The summed E-state index contributed by atoms with van der Waals surface area (Å²) in [5, 5.41) is 10.5. The molecule has 2 fully saturated rings. The Labute approximate surface area is 160 Å². The summed E-state index contributed by atoms with van der Waals surface area (Å²) in [7, 11) is 1.72. The fraction of sp³-hybridized carbons (Fsp3) is 0.650. The van der Waals surface area contributed by atoms with E-state index >= 15 is 0 Å². The van der Waals surface area contributed by atoms with Gasteiger partial charge in [0.1, 0.15) is 0 Å². The first kappa shape index (κ1) is 19.6. The van der Waals surface area contributed by atoms with Crippen molar-refractivity contribution in [3.8, 4) is 0 Å². The molecular formula is C20H29ClN2O3. The van der Waals surface area contributed by atoms with Crippen molar-refractivity contribution in [2.24, 2.45) is 11.3 Å². The average Bonchev–Trinajstić information content (AvgIpc) is 2.99. The van der Waals surface area contributed by atoms with E-state index in [0.717, 1.165) is 57.7 Å². The van der Waals surface area contributed by atoms with Gasteiger partial charge in [-0.05, 0) is 29.9 Å². The molecule has 1 aromatic carbocycles. The van der Waals surface area contributed by atoms with Crippen LogP contribution < -0.4 is 0 Å². The van der Waals surface area contributed by atoms with Crippen molar-refractivity contribution >= 4 is 17.5 Å². The van der Waals surface area contributed by atoms with E-state index in [9.17, 15) is 9.90 Å². The summed E-state index contributed by atoms with van der Waals surface area (Å²) in [6.07, 6.45) is 2.27. The Hall–Kier alpha value is -1.14. The minimum Gasteiger partial charge on any atom is -0.396 e. The molecule has 2 heterocycles. The van der Waals surface area contributed by atoms with Crippen LogP contribution >= 0.6 is 11.6 Å². The lowest BCUT2D eigenvalue weighted by atomic mass is 9.71. The van der Waals surface area contributed by atoms with Crippen LogP contribution in [-0.2, 0) is 16.0 Å². The van der Waals surface area contributed by atoms with Gasteiger partial charge in [-0.25, -0.2) is 0 Å². The van der Waals surface area contributed by atoms with Crippen LogP contribution in [0.15, 0.2) is 24.3 Å². The molecule has 2 aliphatic rings. The standard InChI is InChI=1S/C20H29ClN2O3/c1-26-11-10-22-13-17(14-24)20(15-22)6-8-23(9-7-20)19(25)12-16-4-2-3-5-18(16)21/h2-5,17,24H,6-15H2,1H3. The van der Waals surface area contributed by atoms with Crippen LogP contribution in [0.2, 0.25) is 5.02 Å². The zero-order chi connectivity index (χ0) is 18.6. The monoisotopic (exact) mass is 380 g/mol. The number of aliphatic hydroxyl groups is 1. The third-order valence-electron chi connectivity index (χ3n) is 6.13. The van der Waals surface area contributed by atoms with Crippen LogP contribution in [0.25, 0.3) is 0 Å². The van der Waals surface area contributed by atoms with Gasteiger partial charge in [-0.15, -0.1) is 0 Å². The van der Waals surface area contributed by atoms with Crippen molar-refractivity contribution in [1.29, 1.82) is 0 Å². The van der Waals surface area contributed by atoms with E-state index in [2.05, 4.69) is 4.90 Å². The zero-order valence-corrected chi connectivity index (χ0v) is 16.2. The molecule has 1 spiro atoms. The maximum absolute atomic E-state index is 12.7. The van der Waals surface area contributed by atoms with Crippen molar-refractivity contribution in [3.05, 3.63) is 34.9 Å². The third kappa shape index (κ3) is 4.22. The SMILES string of the molecule is COCCN1CC(CO)C2(CCN(C(=O)Cc3ccccc3Cl)CC2)C1. The second-order valence-electron chi connectivity index (χ2n) is 7.62. The number of aliphatic hydroxyl groups excluding tert-OH is 1. The van der Waals surface area contributed by atoms with Crippen molar-refractivity contribution in [2.75, 3.05) is 53.0 Å². The van der Waals surface area contributed by atoms with Gasteiger partial charge >= 0.3 is 0 Å². The van der Waals surface area contributed by atoms with Crippen LogP contribution in [0.1, 0.15) is 18.4 Å². The molecule has 6 heteroatoms. The number of carbonyl (C=O) groups excluding carboxylic acids is 1. The van der Waals surface area contributed by atoms with Gasteiger partial charge in [-0.1, -0.05) is 29.8 Å². The van der Waals surface area contributed by atoms with Gasteiger partial charge in [0.2, 0.25) is 5.91 Å². The number of carbonyl (C=O) groups is 1. The summed E-state index contributed by atoms with van der Waals surface area (Å²) in [4.78, 5) is 17.0. The summed E-state index contributed by atoms with van der Waals surface area (Å²) in [6.45, 7) is 5.29. The van der Waals surface area contributed by atoms with Crippen molar-refractivity contribution in [3.63, 3.8) is 0 Å². The molecule has 2 aliphatic heterocycles. The number of amides is 1. The fourth-order valence-electron chi connectivity index (χ4n) is 4.47. The molecule has 0 aromatic heterocycles. The van der Waals surface area contributed by atoms with Gasteiger partial charge < -0.3 is 19.6 Å². The number of rotatable bonds is 6. The summed E-state index contributed by atoms with van der Waals surface area (Å²) in [5.74, 6) is 0.433. The molecule has 0 radical (unpaired) electrons. The van der Waals surface area contributed by atoms with E-state index in [1.807, 2.05) is 29.2 Å². The minimum absolute atomic E-state index is 0.129. The van der Waals surface area contributed by atoms with E-state index in [4.69, 9.17) is 16.3 Å². The molecule has 1 N–H and O–H groups in total. The highest BCUT2D eigenvalue weighted by molar-refractivity contribution is 6.31. The van der Waals surface area contributed by atoms with Gasteiger partial charge in [-0.2, -0.15) is 0 Å². The predicted molar refractivity (Wildman–Crippen MR) is 102 cm³/mol. The summed E-state index contributed by atoms with van der Waals surface area (Å²) in [5.41, 5.74) is 1.02. The maximum atomic E-state index is 12.7. The molecule has 1 aromatic rings. The van der Waals surface area contributed by atoms with Crippen molar-refractivity contribution in [2.45, 2.75) is 19.3 Å². The zero-order valence-electron chi connectivity index (χ0n) is 15.5. The number of methoxy groups -OCH3 is 1. The Morgan fingerprint density at radius 2 is 2.08 bits per heavy atom. The highest BCUT2D eigenvalue weighted by atomic mass is 35.5. The molecular weight excluding hydrogens is 352 g/mol. The summed E-state index contributed by atoms with van der Waals surface area (Å²) >= 11 is 6.19. The molecule has 1 unspecified atom stereocenters. The Bertz CT molecular complexity index is 617. The largest absolute Gasteiger partial charge is 0.396 e. The molecule has 0 saturated carbocycles. The average molecular weight is 381 g/mol. The Kier molecular flexibility index (Phi) is 6.56. The lowest BCUT2D eigenvalue weighted by Crippen LogP contribution is -2.47. The number of likely N-dealkylation sites (tertiary alicyclic amines) is 2. The predicted octanol–water partition coefficient (Wildman–Crippen LogP) is 2.06. The first-order valence-electron chi connectivity index (χ1n) is 9.41. The molecule has 3 rings (SSSR count). The van der Waals surface area contributed by atoms with Crippen LogP contribution in [0.4, 0.5) is 0 Å². The van der Waals surface area contributed by atoms with Gasteiger partial charge in [0.25, 0.3) is 0 Å². The number of hydrogen-bond donors (Lipinski definition) is 1. The minimum atomic E-state index is 0.129. The van der Waals surface area contributed by atoms with Crippen LogP contribution in [-0.4, -0.2) is 73.9 Å². The normalized spacial score (nSPS) is 22.9. The molecule has 2 saturated heterocycles. The Morgan fingerprint density at radius 1 is 1.35 bits per heavy atom. The molecule has 1 atom stereocenters. The Balaban J connectivity index is 1.57. The Morgan fingerprint density at radius 3 is 2.73 bits per heavy atom. The number of ether oxygens (including phenoxy) is 1. The molecule has 1 amide bonds. The lowest BCUT2D eigenvalue weighted by molar-refractivity contribution is -0.133. The highest BCUT2D eigenvalue weighted by Gasteiger charge is 2.47. The van der Waals surface area contributed by atoms with Gasteiger partial charge in [0, 0.05) is 57.4 Å². The smallest absolute Gasteiger partial charge is 0.227 e. The van der Waals surface area contributed by atoms with Crippen LogP contribution in [0.3, 0.4) is 0 Å². The van der Waals surface area contributed by atoms with Gasteiger partial charge in [-0.3, -0.25) is 4.79 Å². The summed E-state index contributed by atoms with van der Waals surface area (Å²) < 4.78 is 5.20. The molecule has 144 valence electrons. The maximum Gasteiger partial charge on any atom is 0.227 e. The number of benzene rings is 1. The highest BCUT2D eigenvalue weighted by Crippen LogP contribution is 2.44. The van der Waals surface area contributed by atoms with E-state index < -0.39 is 0 Å². The second kappa shape index (κ2) is 8.70. The first-order valence-corrected chi connectivity index (χ1v) is 9.79. The van der Waals surface area contributed by atoms with E-state index in [-0.39, 0.29) is 17.9 Å². The van der Waals surface area contributed by atoms with Crippen molar-refractivity contribution in [1.82, 2.24) is 9.80 Å². The first-order chi connectivity index (χ1) is 12.6. The fourth-order valence-corrected chi connectivity index (χ4v) is 4.67. The van der Waals surface area contributed by atoms with E-state index in [1.54, 1.807) is 7.11 Å². The van der Waals surface area contributed by atoms with Gasteiger partial charge in [0.05, 0.1) is 13.0 Å². The van der Waals surface area contributed by atoms with Gasteiger partial charge in [0.15, 0.2) is 0 Å². The third-order valence-corrected chi connectivity index (χ3v) is 6.50. The van der Waals surface area contributed by atoms with E-state index in [0.29, 0.717) is 17.4 Å². The number of halogens is 1. The quantitative estimate of drug-likeness (QED) is 0.820. The van der Waals surface area contributed by atoms with Crippen LogP contribution in [0.5, 0.6) is 0 Å². The summed E-state index contributed by atoms with van der Waals surface area (Å²) in [6, 6.07) is 7.54. The molecule has 0 bridgehead atoms. The van der Waals surface area contributed by atoms with Crippen molar-refractivity contribution < 1.29 is 14.6 Å². The lowest BCUT2D eigenvalue weighted by Gasteiger charge is -2.42. The molecule has 5 nitrogen and oxygen atoms in total. The van der Waals surface area contributed by atoms with E-state index in [1.165, 1.54) is 0 Å². The second-order valence-corrected chi connectivity index (χ2v) is 8.03. The molecule has 0 aliphatic carbocycles. The number of hydrogen-bond acceptors (Lipinski definition) is 4.